The molecule has 0 bridgehead atoms. The van der Waals surface area contributed by atoms with E-state index in [1.165, 1.54) is 0 Å². The molecule has 1 aliphatic carbocycles. The summed E-state index contributed by atoms with van der Waals surface area (Å²) >= 11 is 1.68. The van der Waals surface area contributed by atoms with Crippen molar-refractivity contribution in [2.75, 3.05) is 24.7 Å². The van der Waals surface area contributed by atoms with Crippen molar-refractivity contribution in [3.8, 4) is 0 Å². The molecule has 1 unspecified atom stereocenters. The quantitative estimate of drug-likeness (QED) is 0.752. The first kappa shape index (κ1) is 13.7. The first-order valence-corrected chi connectivity index (χ1v) is 7.58. The highest BCUT2D eigenvalue weighted by Gasteiger charge is 2.46. The largest absolute Gasteiger partial charge is 0.464 e. The number of carbonyl (C=O) groups excluding carboxylic acids is 2. The van der Waals surface area contributed by atoms with E-state index in [0.717, 1.165) is 25.0 Å². The van der Waals surface area contributed by atoms with Gasteiger partial charge in [0.1, 0.15) is 6.04 Å². The monoisotopic (exact) mass is 272 g/mol. The minimum Gasteiger partial charge on any atom is -0.464 e. The lowest BCUT2D eigenvalue weighted by Crippen LogP contribution is -2.64. The Labute approximate surface area is 111 Å². The van der Waals surface area contributed by atoms with Crippen LogP contribution in [0.15, 0.2) is 0 Å². The number of ether oxygens (including phenoxy) is 1. The molecule has 6 heteroatoms. The van der Waals surface area contributed by atoms with Crippen LogP contribution in [0.1, 0.15) is 26.2 Å². The Balaban J connectivity index is 2.07. The number of amides is 1. The van der Waals surface area contributed by atoms with Crippen LogP contribution < -0.4 is 5.73 Å². The van der Waals surface area contributed by atoms with Crippen LogP contribution in [0.2, 0.25) is 0 Å². The van der Waals surface area contributed by atoms with Gasteiger partial charge < -0.3 is 15.4 Å². The third kappa shape index (κ3) is 2.49. The lowest BCUT2D eigenvalue weighted by molar-refractivity contribution is -0.157. The fourth-order valence-electron chi connectivity index (χ4n) is 2.34. The predicted octanol–water partition coefficient (Wildman–Crippen LogP) is 0.375. The number of thioether (sulfide) groups is 1. The van der Waals surface area contributed by atoms with E-state index >= 15 is 0 Å². The summed E-state index contributed by atoms with van der Waals surface area (Å²) in [4.78, 5) is 25.9. The average Bonchev–Trinajstić information content (AvgIpc) is 2.35. The van der Waals surface area contributed by atoms with Crippen LogP contribution in [0.4, 0.5) is 0 Å². The molecule has 1 aliphatic heterocycles. The number of nitrogens with zero attached hydrogens (tertiary/aromatic N) is 1. The zero-order valence-corrected chi connectivity index (χ0v) is 11.5. The van der Waals surface area contributed by atoms with Crippen LogP contribution >= 0.6 is 11.8 Å². The molecule has 0 aromatic rings. The van der Waals surface area contributed by atoms with Crippen molar-refractivity contribution in [1.82, 2.24) is 4.90 Å². The normalized spacial score (nSPS) is 26.3. The number of carbonyl (C=O) groups is 2. The van der Waals surface area contributed by atoms with Crippen LogP contribution in [0.3, 0.4) is 0 Å². The number of rotatable bonds is 3. The molecule has 18 heavy (non-hydrogen) atoms. The number of hydrogen-bond donors (Lipinski definition) is 1. The second kappa shape index (κ2) is 5.48. The SMILES string of the molecule is CCOC(=O)C1CSCCN1C(=O)C1(N)CCC1. The van der Waals surface area contributed by atoms with Crippen LogP contribution in [0.5, 0.6) is 0 Å². The molecular formula is C12H20N2O3S. The van der Waals surface area contributed by atoms with Crippen LogP contribution in [-0.2, 0) is 14.3 Å². The van der Waals surface area contributed by atoms with Gasteiger partial charge in [0, 0.05) is 18.1 Å². The Kier molecular flexibility index (Phi) is 4.17. The van der Waals surface area contributed by atoms with Crippen molar-refractivity contribution in [3.63, 3.8) is 0 Å². The van der Waals surface area contributed by atoms with Gasteiger partial charge in [-0.25, -0.2) is 4.79 Å². The van der Waals surface area contributed by atoms with Gasteiger partial charge in [0.05, 0.1) is 12.1 Å². The smallest absolute Gasteiger partial charge is 0.329 e. The first-order valence-electron chi connectivity index (χ1n) is 6.43. The van der Waals surface area contributed by atoms with Gasteiger partial charge >= 0.3 is 5.97 Å². The molecule has 1 heterocycles. The minimum atomic E-state index is -0.729. The van der Waals surface area contributed by atoms with E-state index in [2.05, 4.69) is 0 Å². The Morgan fingerprint density at radius 1 is 1.50 bits per heavy atom. The van der Waals surface area contributed by atoms with Gasteiger partial charge in [0.2, 0.25) is 5.91 Å². The molecule has 2 aliphatic rings. The van der Waals surface area contributed by atoms with E-state index < -0.39 is 11.6 Å². The minimum absolute atomic E-state index is 0.0768. The topological polar surface area (TPSA) is 72.6 Å². The van der Waals surface area contributed by atoms with Gasteiger partial charge in [-0.15, -0.1) is 0 Å². The molecule has 2 fully saturated rings. The highest BCUT2D eigenvalue weighted by molar-refractivity contribution is 7.99. The fourth-order valence-corrected chi connectivity index (χ4v) is 3.37. The van der Waals surface area contributed by atoms with E-state index in [1.807, 2.05) is 0 Å². The number of hydrogen-bond acceptors (Lipinski definition) is 5. The molecular weight excluding hydrogens is 252 g/mol. The summed E-state index contributed by atoms with van der Waals surface area (Å²) in [7, 11) is 0. The van der Waals surface area contributed by atoms with E-state index in [1.54, 1.807) is 23.6 Å². The van der Waals surface area contributed by atoms with Crippen LogP contribution in [0, 0.1) is 0 Å². The second-order valence-corrected chi connectivity index (χ2v) is 6.00. The van der Waals surface area contributed by atoms with Crippen molar-refractivity contribution >= 4 is 23.6 Å². The van der Waals surface area contributed by atoms with Crippen molar-refractivity contribution in [2.24, 2.45) is 5.73 Å². The van der Waals surface area contributed by atoms with Gasteiger partial charge in [-0.2, -0.15) is 11.8 Å². The maximum atomic E-state index is 12.4. The standard InChI is InChI=1S/C12H20N2O3S/c1-2-17-10(15)9-8-18-7-6-14(9)11(16)12(13)4-3-5-12/h9H,2-8,13H2,1H3. The fraction of sp³-hybridized carbons (Fsp3) is 0.833. The molecule has 1 atom stereocenters. The molecule has 1 saturated carbocycles. The molecule has 1 saturated heterocycles. The van der Waals surface area contributed by atoms with Gasteiger partial charge in [-0.3, -0.25) is 4.79 Å². The van der Waals surface area contributed by atoms with Crippen molar-refractivity contribution < 1.29 is 14.3 Å². The molecule has 5 nitrogen and oxygen atoms in total. The van der Waals surface area contributed by atoms with Gasteiger partial charge in [-0.05, 0) is 26.2 Å². The molecule has 0 aromatic carbocycles. The van der Waals surface area contributed by atoms with Gasteiger partial charge in [0.15, 0.2) is 0 Å². The van der Waals surface area contributed by atoms with E-state index in [0.29, 0.717) is 18.9 Å². The summed E-state index contributed by atoms with van der Waals surface area (Å²) in [6.07, 6.45) is 2.45. The Morgan fingerprint density at radius 2 is 2.22 bits per heavy atom. The molecule has 0 aromatic heterocycles. The summed E-state index contributed by atoms with van der Waals surface area (Å²) in [6.45, 7) is 2.71. The molecule has 2 rings (SSSR count). The van der Waals surface area contributed by atoms with Gasteiger partial charge in [-0.1, -0.05) is 0 Å². The number of esters is 1. The highest BCUT2D eigenvalue weighted by Crippen LogP contribution is 2.33. The van der Waals surface area contributed by atoms with Gasteiger partial charge in [0.25, 0.3) is 0 Å². The molecule has 0 spiro atoms. The summed E-state index contributed by atoms with van der Waals surface area (Å²) in [5, 5.41) is 0. The molecule has 0 radical (unpaired) electrons. The Bertz CT molecular complexity index is 344. The number of nitrogens with two attached hydrogens (primary N) is 1. The van der Waals surface area contributed by atoms with E-state index in [-0.39, 0.29) is 11.9 Å². The molecule has 2 N–H and O–H groups in total. The zero-order chi connectivity index (χ0) is 13.2. The highest BCUT2D eigenvalue weighted by atomic mass is 32.2. The lowest BCUT2D eigenvalue weighted by atomic mass is 9.76. The Morgan fingerprint density at radius 3 is 2.78 bits per heavy atom. The third-order valence-electron chi connectivity index (χ3n) is 3.62. The summed E-state index contributed by atoms with van der Waals surface area (Å²) < 4.78 is 5.04. The summed E-state index contributed by atoms with van der Waals surface area (Å²) in [6, 6.07) is -0.461. The Hall–Kier alpha value is -0.750. The average molecular weight is 272 g/mol. The summed E-state index contributed by atoms with van der Waals surface area (Å²) in [5.41, 5.74) is 5.33. The van der Waals surface area contributed by atoms with Crippen LogP contribution in [-0.4, -0.2) is 53.0 Å². The maximum absolute atomic E-state index is 12.4. The second-order valence-electron chi connectivity index (χ2n) is 4.85. The van der Waals surface area contributed by atoms with Crippen molar-refractivity contribution in [2.45, 2.75) is 37.8 Å². The molecule has 102 valence electrons. The summed E-state index contributed by atoms with van der Waals surface area (Å²) in [5.74, 6) is 1.09. The third-order valence-corrected chi connectivity index (χ3v) is 4.64. The van der Waals surface area contributed by atoms with Crippen LogP contribution in [0.25, 0.3) is 0 Å². The first-order chi connectivity index (χ1) is 8.58. The van der Waals surface area contributed by atoms with Crippen molar-refractivity contribution in [1.29, 1.82) is 0 Å². The van der Waals surface area contributed by atoms with E-state index in [4.69, 9.17) is 10.5 Å². The maximum Gasteiger partial charge on any atom is 0.329 e. The predicted molar refractivity (Wildman–Crippen MR) is 70.2 cm³/mol. The van der Waals surface area contributed by atoms with E-state index in [9.17, 15) is 9.59 Å². The zero-order valence-electron chi connectivity index (χ0n) is 10.7. The van der Waals surface area contributed by atoms with Crippen molar-refractivity contribution in [3.05, 3.63) is 0 Å². The molecule has 1 amide bonds. The lowest BCUT2D eigenvalue weighted by Gasteiger charge is -2.43.